The molecule has 0 aromatic carbocycles. The van der Waals surface area contributed by atoms with Crippen LogP contribution in [0, 0.1) is 0 Å². The summed E-state index contributed by atoms with van der Waals surface area (Å²) < 4.78 is 5.26. The molecule has 0 N–H and O–H groups in total. The molecular weight excluding hydrogens is 252 g/mol. The first-order chi connectivity index (χ1) is 9.74. The van der Waals surface area contributed by atoms with Crippen molar-refractivity contribution in [2.45, 2.75) is 19.8 Å². The van der Waals surface area contributed by atoms with Crippen LogP contribution in [0.4, 0.5) is 0 Å². The Labute approximate surface area is 116 Å². The molecule has 0 bridgehead atoms. The van der Waals surface area contributed by atoms with Crippen LogP contribution in [0.5, 0.6) is 0 Å². The molecule has 0 aliphatic rings. The summed E-state index contributed by atoms with van der Waals surface area (Å²) in [7, 11) is 0. The second-order valence-corrected chi connectivity index (χ2v) is 4.76. The fourth-order valence-corrected chi connectivity index (χ4v) is 1.81. The topological polar surface area (TPSA) is 64.7 Å². The van der Waals surface area contributed by atoms with E-state index in [2.05, 4.69) is 34.0 Å². The average Bonchev–Trinajstić information content (AvgIpc) is 2.98. The van der Waals surface area contributed by atoms with E-state index < -0.39 is 0 Å². The number of hydrogen-bond acceptors (Lipinski definition) is 5. The number of hydrogen-bond donors (Lipinski definition) is 0. The fraction of sp³-hybridized carbons (Fsp3) is 0.200. The van der Waals surface area contributed by atoms with Crippen molar-refractivity contribution in [3.63, 3.8) is 0 Å². The molecule has 0 aliphatic heterocycles. The summed E-state index contributed by atoms with van der Waals surface area (Å²) in [6.07, 6.45) is 3.45. The number of rotatable bonds is 3. The molecule has 3 heterocycles. The third-order valence-electron chi connectivity index (χ3n) is 2.94. The molecule has 0 fully saturated rings. The highest BCUT2D eigenvalue weighted by atomic mass is 16.5. The van der Waals surface area contributed by atoms with Crippen molar-refractivity contribution >= 4 is 0 Å². The average molecular weight is 266 g/mol. The molecule has 5 heteroatoms. The molecule has 3 aromatic rings. The number of nitrogens with zero attached hydrogens (tertiary/aromatic N) is 4. The van der Waals surface area contributed by atoms with Crippen molar-refractivity contribution in [1.82, 2.24) is 20.1 Å². The maximum absolute atomic E-state index is 5.26. The smallest absolute Gasteiger partial charge is 0.259 e. The zero-order chi connectivity index (χ0) is 13.9. The van der Waals surface area contributed by atoms with Gasteiger partial charge in [0.15, 0.2) is 0 Å². The lowest BCUT2D eigenvalue weighted by Crippen LogP contribution is -1.92. The van der Waals surface area contributed by atoms with E-state index in [9.17, 15) is 0 Å². The van der Waals surface area contributed by atoms with Gasteiger partial charge in [0.2, 0.25) is 5.82 Å². The Morgan fingerprint density at radius 2 is 1.95 bits per heavy atom. The molecule has 3 aromatic heterocycles. The highest BCUT2D eigenvalue weighted by Gasteiger charge is 2.12. The lowest BCUT2D eigenvalue weighted by Gasteiger charge is -2.03. The van der Waals surface area contributed by atoms with Gasteiger partial charge in [-0.1, -0.05) is 25.1 Å². The molecule has 0 saturated heterocycles. The summed E-state index contributed by atoms with van der Waals surface area (Å²) in [6, 6.07) is 9.49. The van der Waals surface area contributed by atoms with Crippen molar-refractivity contribution in [2.24, 2.45) is 0 Å². The molecular formula is C15H14N4O. The minimum Gasteiger partial charge on any atom is -0.333 e. The van der Waals surface area contributed by atoms with Crippen LogP contribution in [0.25, 0.3) is 23.0 Å². The first kappa shape index (κ1) is 12.5. The van der Waals surface area contributed by atoms with Gasteiger partial charge in [0, 0.05) is 18.1 Å². The first-order valence-electron chi connectivity index (χ1n) is 6.45. The second-order valence-electron chi connectivity index (χ2n) is 4.76. The summed E-state index contributed by atoms with van der Waals surface area (Å²) in [5.74, 6) is 1.33. The zero-order valence-electron chi connectivity index (χ0n) is 11.3. The highest BCUT2D eigenvalue weighted by molar-refractivity contribution is 5.56. The van der Waals surface area contributed by atoms with Gasteiger partial charge in [-0.2, -0.15) is 4.98 Å². The van der Waals surface area contributed by atoms with Gasteiger partial charge in [0.25, 0.3) is 5.89 Å². The van der Waals surface area contributed by atoms with Gasteiger partial charge >= 0.3 is 0 Å². The summed E-state index contributed by atoms with van der Waals surface area (Å²) in [5.41, 5.74) is 2.54. The second kappa shape index (κ2) is 5.21. The molecule has 0 radical (unpaired) electrons. The molecule has 5 nitrogen and oxygen atoms in total. The maximum Gasteiger partial charge on any atom is 0.259 e. The van der Waals surface area contributed by atoms with E-state index in [4.69, 9.17) is 4.52 Å². The largest absolute Gasteiger partial charge is 0.333 e. The van der Waals surface area contributed by atoms with Gasteiger partial charge in [0.1, 0.15) is 5.69 Å². The monoisotopic (exact) mass is 266 g/mol. The highest BCUT2D eigenvalue weighted by Crippen LogP contribution is 2.21. The van der Waals surface area contributed by atoms with E-state index in [1.807, 2.05) is 30.3 Å². The molecule has 0 saturated carbocycles. The van der Waals surface area contributed by atoms with Crippen molar-refractivity contribution in [3.05, 3.63) is 48.4 Å². The summed E-state index contributed by atoms with van der Waals surface area (Å²) in [5, 5.41) is 3.94. The number of pyridine rings is 2. The van der Waals surface area contributed by atoms with E-state index in [1.54, 1.807) is 12.4 Å². The minimum atomic E-state index is 0.399. The Morgan fingerprint density at radius 1 is 1.05 bits per heavy atom. The van der Waals surface area contributed by atoms with Crippen LogP contribution in [0.3, 0.4) is 0 Å². The lowest BCUT2D eigenvalue weighted by atomic mass is 10.1. The first-order valence-corrected chi connectivity index (χ1v) is 6.45. The van der Waals surface area contributed by atoms with Crippen LogP contribution < -0.4 is 0 Å². The zero-order valence-corrected chi connectivity index (χ0v) is 11.3. The Kier molecular flexibility index (Phi) is 3.25. The SMILES string of the molecule is CC(C)c1ccc(-c2nc(-c3ccccn3)no2)cn1. The quantitative estimate of drug-likeness (QED) is 0.727. The molecule has 0 aliphatic carbocycles. The Balaban J connectivity index is 1.90. The summed E-state index contributed by atoms with van der Waals surface area (Å²) in [6.45, 7) is 4.21. The third-order valence-corrected chi connectivity index (χ3v) is 2.94. The van der Waals surface area contributed by atoms with Crippen molar-refractivity contribution in [3.8, 4) is 23.0 Å². The van der Waals surface area contributed by atoms with E-state index in [0.717, 1.165) is 11.3 Å². The Bertz CT molecular complexity index is 689. The summed E-state index contributed by atoms with van der Waals surface area (Å²) >= 11 is 0. The molecule has 0 amide bonds. The molecule has 0 atom stereocenters. The van der Waals surface area contributed by atoms with Gasteiger partial charge in [-0.05, 0) is 30.2 Å². The summed E-state index contributed by atoms with van der Waals surface area (Å²) in [4.78, 5) is 12.9. The van der Waals surface area contributed by atoms with Crippen LogP contribution in [0.1, 0.15) is 25.5 Å². The van der Waals surface area contributed by atoms with Crippen LogP contribution in [0.2, 0.25) is 0 Å². The van der Waals surface area contributed by atoms with Gasteiger partial charge < -0.3 is 4.52 Å². The molecule has 0 unspecified atom stereocenters. The minimum absolute atomic E-state index is 0.399. The fourth-order valence-electron chi connectivity index (χ4n) is 1.81. The normalized spacial score (nSPS) is 10.9. The van der Waals surface area contributed by atoms with Crippen molar-refractivity contribution in [1.29, 1.82) is 0 Å². The van der Waals surface area contributed by atoms with Crippen LogP contribution in [-0.4, -0.2) is 20.1 Å². The van der Waals surface area contributed by atoms with Gasteiger partial charge in [-0.3, -0.25) is 9.97 Å². The predicted molar refractivity (Wildman–Crippen MR) is 74.8 cm³/mol. The van der Waals surface area contributed by atoms with Crippen molar-refractivity contribution < 1.29 is 4.52 Å². The van der Waals surface area contributed by atoms with Gasteiger partial charge in [-0.25, -0.2) is 0 Å². The van der Waals surface area contributed by atoms with E-state index in [1.165, 1.54) is 0 Å². The van der Waals surface area contributed by atoms with E-state index >= 15 is 0 Å². The lowest BCUT2D eigenvalue weighted by molar-refractivity contribution is 0.432. The van der Waals surface area contributed by atoms with E-state index in [0.29, 0.717) is 23.3 Å². The van der Waals surface area contributed by atoms with Gasteiger partial charge in [-0.15, -0.1) is 0 Å². The molecule has 100 valence electrons. The predicted octanol–water partition coefficient (Wildman–Crippen LogP) is 3.32. The Morgan fingerprint density at radius 3 is 2.60 bits per heavy atom. The van der Waals surface area contributed by atoms with Crippen LogP contribution in [-0.2, 0) is 0 Å². The molecule has 0 spiro atoms. The maximum atomic E-state index is 5.26. The van der Waals surface area contributed by atoms with Crippen molar-refractivity contribution in [2.75, 3.05) is 0 Å². The third kappa shape index (κ3) is 2.42. The molecule has 20 heavy (non-hydrogen) atoms. The van der Waals surface area contributed by atoms with Crippen LogP contribution >= 0.6 is 0 Å². The standard InChI is InChI=1S/C15H14N4O/c1-10(2)12-7-6-11(9-17-12)15-18-14(19-20-15)13-5-3-4-8-16-13/h3-10H,1-2H3. The molecule has 3 rings (SSSR count). The van der Waals surface area contributed by atoms with Crippen LogP contribution in [0.15, 0.2) is 47.2 Å². The Hall–Kier alpha value is -2.56. The number of aromatic nitrogens is 4. The van der Waals surface area contributed by atoms with Gasteiger partial charge in [0.05, 0.1) is 5.56 Å². The van der Waals surface area contributed by atoms with E-state index in [-0.39, 0.29) is 0 Å².